The minimum Gasteiger partial charge on any atom is -0.395 e. The molecular formula is C26H21ClF2N6O5. The van der Waals surface area contributed by atoms with Crippen LogP contribution in [0.4, 0.5) is 14.5 Å². The number of aromatic amines is 1. The molecule has 0 unspecified atom stereocenters. The maximum absolute atomic E-state index is 13.5. The van der Waals surface area contributed by atoms with Crippen LogP contribution in [0, 0.1) is 0 Å². The second kappa shape index (κ2) is 9.30. The molecule has 2 aliphatic rings. The lowest BCUT2D eigenvalue weighted by molar-refractivity contribution is -0.286. The molecule has 0 spiro atoms. The molecule has 6 rings (SSSR count). The number of rotatable bonds is 6. The SMILES string of the molecule is CN(C)C(=O)c1ccc(-c2nn(CC(=O)N(c3ccc4c(c3)OC(F)(F)O4)C3CC3)c(=O)c3nc[nH]c23)cc1Cl. The van der Waals surface area contributed by atoms with Gasteiger partial charge in [0.2, 0.25) is 5.91 Å². The van der Waals surface area contributed by atoms with Crippen molar-refractivity contribution in [3.63, 3.8) is 0 Å². The minimum absolute atomic E-state index is 0.0608. The van der Waals surface area contributed by atoms with Crippen LogP contribution in [-0.4, -0.2) is 62.9 Å². The van der Waals surface area contributed by atoms with Gasteiger partial charge in [-0.1, -0.05) is 17.7 Å². The summed E-state index contributed by atoms with van der Waals surface area (Å²) in [7, 11) is 3.22. The number of hydrogen-bond acceptors (Lipinski definition) is 7. The molecule has 1 aliphatic heterocycles. The van der Waals surface area contributed by atoms with Crippen LogP contribution >= 0.6 is 11.6 Å². The zero-order valence-corrected chi connectivity index (χ0v) is 21.9. The van der Waals surface area contributed by atoms with Crippen molar-refractivity contribution in [3.05, 3.63) is 63.7 Å². The van der Waals surface area contributed by atoms with Gasteiger partial charge in [-0.05, 0) is 37.1 Å². The van der Waals surface area contributed by atoms with Crippen molar-refractivity contribution in [2.45, 2.75) is 31.7 Å². The average Bonchev–Trinajstić information content (AvgIpc) is 3.49. The predicted octanol–water partition coefficient (Wildman–Crippen LogP) is 3.66. The van der Waals surface area contributed by atoms with E-state index in [1.807, 2.05) is 0 Å². The van der Waals surface area contributed by atoms with E-state index in [-0.39, 0.29) is 34.0 Å². The van der Waals surface area contributed by atoms with E-state index in [9.17, 15) is 23.2 Å². The number of hydrogen-bond donors (Lipinski definition) is 1. The fourth-order valence-corrected chi connectivity index (χ4v) is 4.81. The maximum atomic E-state index is 13.5. The molecule has 0 radical (unpaired) electrons. The van der Waals surface area contributed by atoms with E-state index in [4.69, 9.17) is 11.6 Å². The van der Waals surface area contributed by atoms with Crippen molar-refractivity contribution in [1.29, 1.82) is 0 Å². The average molecular weight is 571 g/mol. The summed E-state index contributed by atoms with van der Waals surface area (Å²) >= 11 is 6.41. The smallest absolute Gasteiger partial charge is 0.395 e. The number of benzene rings is 2. The molecule has 0 atom stereocenters. The number of ether oxygens (including phenoxy) is 2. The number of fused-ring (bicyclic) bond motifs is 2. The summed E-state index contributed by atoms with van der Waals surface area (Å²) in [6.07, 6.45) is -1.03. The molecule has 1 N–H and O–H groups in total. The standard InChI is InChI=1S/C26H21ClF2N6O5/c1-33(2)24(37)16-7-3-13(9-17(16)27)21-22-23(31-12-30-22)25(38)34(32-21)11-20(36)35(14-4-5-14)15-6-8-18-19(10-15)40-26(28,29)39-18/h3,6-10,12,14H,4-5,11H2,1-2H3,(H,30,31). The highest BCUT2D eigenvalue weighted by Crippen LogP contribution is 2.44. The Labute approximate surface area is 229 Å². The van der Waals surface area contributed by atoms with Crippen molar-refractivity contribution in [1.82, 2.24) is 24.6 Å². The third-order valence-corrected chi connectivity index (χ3v) is 6.85. The van der Waals surface area contributed by atoms with Gasteiger partial charge >= 0.3 is 6.29 Å². The molecule has 1 fully saturated rings. The lowest BCUT2D eigenvalue weighted by atomic mass is 10.1. The highest BCUT2D eigenvalue weighted by Gasteiger charge is 2.44. The molecule has 1 saturated carbocycles. The zero-order chi connectivity index (χ0) is 28.3. The van der Waals surface area contributed by atoms with Gasteiger partial charge in [0.25, 0.3) is 11.5 Å². The van der Waals surface area contributed by atoms with E-state index >= 15 is 0 Å². The summed E-state index contributed by atoms with van der Waals surface area (Å²) in [5.41, 5.74) is 1.22. The van der Waals surface area contributed by atoms with Gasteiger partial charge in [0.15, 0.2) is 17.0 Å². The predicted molar refractivity (Wildman–Crippen MR) is 140 cm³/mol. The Morgan fingerprint density at radius 3 is 2.60 bits per heavy atom. The van der Waals surface area contributed by atoms with Crippen molar-refractivity contribution in [3.8, 4) is 22.8 Å². The van der Waals surface area contributed by atoms with Crippen LogP contribution in [0.1, 0.15) is 23.2 Å². The Bertz CT molecular complexity index is 1750. The Kier molecular flexibility index (Phi) is 5.98. The van der Waals surface area contributed by atoms with Crippen LogP contribution in [0.25, 0.3) is 22.3 Å². The third kappa shape index (κ3) is 4.51. The molecular weight excluding hydrogens is 550 g/mol. The summed E-state index contributed by atoms with van der Waals surface area (Å²) in [6.45, 7) is -0.444. The zero-order valence-electron chi connectivity index (χ0n) is 21.2. The molecule has 1 aliphatic carbocycles. The van der Waals surface area contributed by atoms with Crippen LogP contribution < -0.4 is 19.9 Å². The molecule has 2 amide bonds. The lowest BCUT2D eigenvalue weighted by Gasteiger charge is -2.23. The van der Waals surface area contributed by atoms with Crippen LogP contribution in [0.15, 0.2) is 47.5 Å². The molecule has 206 valence electrons. The number of imidazole rings is 1. The summed E-state index contributed by atoms with van der Waals surface area (Å²) in [5, 5.41) is 4.64. The Balaban J connectivity index is 1.36. The van der Waals surface area contributed by atoms with Crippen molar-refractivity contribution in [2.75, 3.05) is 19.0 Å². The number of carbonyl (C=O) groups is 2. The van der Waals surface area contributed by atoms with Gasteiger partial charge in [0.1, 0.15) is 12.2 Å². The Morgan fingerprint density at radius 1 is 1.15 bits per heavy atom. The number of alkyl halides is 2. The van der Waals surface area contributed by atoms with Crippen LogP contribution in [0.3, 0.4) is 0 Å². The number of aromatic nitrogens is 4. The van der Waals surface area contributed by atoms with Crippen molar-refractivity contribution < 1.29 is 27.8 Å². The topological polar surface area (TPSA) is 123 Å². The minimum atomic E-state index is -3.79. The lowest BCUT2D eigenvalue weighted by Crippen LogP contribution is -2.39. The number of halogens is 3. The first kappa shape index (κ1) is 25.7. The molecule has 0 bridgehead atoms. The number of anilines is 1. The Hall–Kier alpha value is -4.52. The molecule has 40 heavy (non-hydrogen) atoms. The molecule has 0 saturated heterocycles. The van der Waals surface area contributed by atoms with Gasteiger partial charge in [0.05, 0.1) is 22.4 Å². The largest absolute Gasteiger partial charge is 0.586 e. The van der Waals surface area contributed by atoms with Gasteiger partial charge in [0, 0.05) is 37.5 Å². The second-order valence-electron chi connectivity index (χ2n) is 9.63. The molecule has 2 aromatic carbocycles. The van der Waals surface area contributed by atoms with E-state index in [1.165, 1.54) is 34.3 Å². The quantitative estimate of drug-likeness (QED) is 0.375. The van der Waals surface area contributed by atoms with Gasteiger partial charge in [-0.2, -0.15) is 5.10 Å². The number of nitrogens with zero attached hydrogens (tertiary/aromatic N) is 5. The fraction of sp³-hybridized carbons (Fsp3) is 0.269. The first-order valence-electron chi connectivity index (χ1n) is 12.2. The van der Waals surface area contributed by atoms with Gasteiger partial charge < -0.3 is 24.3 Å². The van der Waals surface area contributed by atoms with Crippen molar-refractivity contribution in [2.24, 2.45) is 0 Å². The number of H-pyrrole nitrogens is 1. The van der Waals surface area contributed by atoms with E-state index < -0.39 is 24.3 Å². The van der Waals surface area contributed by atoms with Crippen LogP contribution in [0.2, 0.25) is 5.02 Å². The first-order valence-corrected chi connectivity index (χ1v) is 12.6. The fourth-order valence-electron chi connectivity index (χ4n) is 4.54. The van der Waals surface area contributed by atoms with E-state index in [0.29, 0.717) is 40.9 Å². The molecule has 11 nitrogen and oxygen atoms in total. The summed E-state index contributed by atoms with van der Waals surface area (Å²) in [5.74, 6) is -1.09. The normalized spacial score (nSPS) is 15.3. The Morgan fingerprint density at radius 2 is 1.90 bits per heavy atom. The second-order valence-corrected chi connectivity index (χ2v) is 10.0. The van der Waals surface area contributed by atoms with Gasteiger partial charge in [-0.15, -0.1) is 8.78 Å². The molecule has 4 aromatic rings. The highest BCUT2D eigenvalue weighted by atomic mass is 35.5. The highest BCUT2D eigenvalue weighted by molar-refractivity contribution is 6.34. The summed E-state index contributed by atoms with van der Waals surface area (Å²) in [6, 6.07) is 8.68. The van der Waals surface area contributed by atoms with Crippen molar-refractivity contribution >= 4 is 40.1 Å². The number of nitrogens with one attached hydrogen (secondary N) is 1. The maximum Gasteiger partial charge on any atom is 0.586 e. The van der Waals surface area contributed by atoms with E-state index in [1.54, 1.807) is 32.3 Å². The molecule has 2 aromatic heterocycles. The first-order chi connectivity index (χ1) is 19.0. The van der Waals surface area contributed by atoms with Crippen LogP contribution in [-0.2, 0) is 11.3 Å². The number of carbonyl (C=O) groups excluding carboxylic acids is 2. The molecule has 14 heteroatoms. The van der Waals surface area contributed by atoms with E-state index in [2.05, 4.69) is 24.5 Å². The van der Waals surface area contributed by atoms with E-state index in [0.717, 1.165) is 4.68 Å². The monoisotopic (exact) mass is 570 g/mol. The third-order valence-electron chi connectivity index (χ3n) is 6.54. The molecule has 3 heterocycles. The van der Waals surface area contributed by atoms with Crippen LogP contribution in [0.5, 0.6) is 11.5 Å². The van der Waals surface area contributed by atoms with Gasteiger partial charge in [-0.3, -0.25) is 14.4 Å². The number of amides is 2. The summed E-state index contributed by atoms with van der Waals surface area (Å²) in [4.78, 5) is 49.0. The van der Waals surface area contributed by atoms with Gasteiger partial charge in [-0.25, -0.2) is 9.67 Å². The summed E-state index contributed by atoms with van der Waals surface area (Å²) < 4.78 is 37.0.